The van der Waals surface area contributed by atoms with Gasteiger partial charge in [0.2, 0.25) is 0 Å². The molecule has 9 heavy (non-hydrogen) atoms. The van der Waals surface area contributed by atoms with Crippen LogP contribution < -0.4 is 24.0 Å². The summed E-state index contributed by atoms with van der Waals surface area (Å²) < 4.78 is 0. The van der Waals surface area contributed by atoms with Gasteiger partial charge in [0, 0.05) is 8.07 Å². The van der Waals surface area contributed by atoms with Crippen molar-refractivity contribution in [2.75, 3.05) is 0 Å². The van der Waals surface area contributed by atoms with Crippen molar-refractivity contribution >= 4 is 31.1 Å². The molecule has 0 aromatic heterocycles. The Balaban J connectivity index is -0.000000180. The van der Waals surface area contributed by atoms with Crippen LogP contribution in [0.2, 0.25) is 25.7 Å². The third-order valence-corrected chi connectivity index (χ3v) is 2.78. The van der Waals surface area contributed by atoms with Crippen molar-refractivity contribution < 1.29 is 24.0 Å². The molecule has 0 atom stereocenters. The maximum absolute atomic E-state index is 3.81. The minimum Gasteiger partial charge on any atom is -1.00 e. The van der Waals surface area contributed by atoms with Crippen molar-refractivity contribution in [1.29, 1.82) is 0 Å². The molecule has 0 radical (unpaired) electrons. The van der Waals surface area contributed by atoms with E-state index in [0.717, 1.165) is 6.42 Å². The molecule has 0 aliphatic heterocycles. The fourth-order valence-corrected chi connectivity index (χ4v) is 1.59. The van der Waals surface area contributed by atoms with E-state index in [1.54, 1.807) is 0 Å². The molecule has 0 aromatic rings. The van der Waals surface area contributed by atoms with Gasteiger partial charge in [0.05, 0.1) is 0 Å². The molecule has 0 bridgehead atoms. The van der Waals surface area contributed by atoms with Gasteiger partial charge in [0.15, 0.2) is 0 Å². The molecule has 0 heterocycles. The van der Waals surface area contributed by atoms with Gasteiger partial charge < -0.3 is 30.9 Å². The zero-order valence-corrected chi connectivity index (χ0v) is 11.3. The van der Waals surface area contributed by atoms with Crippen LogP contribution in [0.5, 0.6) is 0 Å². The molecule has 0 amide bonds. The van der Waals surface area contributed by atoms with Gasteiger partial charge in [0.1, 0.15) is 0 Å². The van der Waals surface area contributed by atoms with Gasteiger partial charge in [-0.2, -0.15) is 6.42 Å². The summed E-state index contributed by atoms with van der Waals surface area (Å²) in [6, 6.07) is 1.37. The predicted octanol–water partition coefficient (Wildman–Crippen LogP) is -0.828. The van der Waals surface area contributed by atoms with Crippen LogP contribution in [0.25, 0.3) is 0 Å². The van der Waals surface area contributed by atoms with Crippen LogP contribution in [0.15, 0.2) is 0 Å². The Hall–Kier alpha value is 1.71. The van der Waals surface area contributed by atoms with Gasteiger partial charge >= 0.3 is 23.1 Å². The fraction of sp³-hybridized carbons (Fsp3) is 0.833. The Morgan fingerprint density at radius 1 is 1.22 bits per heavy atom. The average molecular weight is 266 g/mol. The molecule has 52 valence electrons. The van der Waals surface area contributed by atoms with Crippen molar-refractivity contribution in [1.82, 2.24) is 0 Å². The molecule has 3 heteroatoms. The molecule has 0 saturated carbocycles. The number of halogens is 1. The Bertz CT molecular complexity index is 51.5. The van der Waals surface area contributed by atoms with Gasteiger partial charge in [-0.25, -0.2) is 0 Å². The van der Waals surface area contributed by atoms with E-state index in [1.165, 1.54) is 6.04 Å². The Labute approximate surface area is 93.4 Å². The van der Waals surface area contributed by atoms with E-state index in [2.05, 4.69) is 26.6 Å². The zero-order chi connectivity index (χ0) is 5.91. The van der Waals surface area contributed by atoms with Crippen molar-refractivity contribution in [2.24, 2.45) is 0 Å². The predicted molar refractivity (Wildman–Crippen MR) is 43.9 cm³/mol. The molecular formula is C6H15IMgSi. The molecule has 0 rings (SSSR count). The van der Waals surface area contributed by atoms with Crippen LogP contribution in [0, 0.1) is 6.92 Å². The van der Waals surface area contributed by atoms with Crippen LogP contribution in [0.3, 0.4) is 0 Å². The minimum absolute atomic E-state index is 0. The van der Waals surface area contributed by atoms with Gasteiger partial charge in [-0.3, -0.25) is 0 Å². The SMILES string of the molecule is [CH2-]CC[Si](C)(C)C.[I-].[Mg+2]. The zero-order valence-electron chi connectivity index (χ0n) is 6.71. The van der Waals surface area contributed by atoms with E-state index in [1.807, 2.05) is 0 Å². The summed E-state index contributed by atoms with van der Waals surface area (Å²) in [5.74, 6) is 0. The van der Waals surface area contributed by atoms with Gasteiger partial charge in [-0.15, -0.1) is 0 Å². The molecule has 0 aromatic carbocycles. The van der Waals surface area contributed by atoms with Crippen LogP contribution >= 0.6 is 0 Å². The third-order valence-electron chi connectivity index (χ3n) is 0.927. The monoisotopic (exact) mass is 266 g/mol. The quantitative estimate of drug-likeness (QED) is 0.348. The molecule has 0 spiro atoms. The number of hydrogen-bond donors (Lipinski definition) is 0. The Morgan fingerprint density at radius 2 is 1.56 bits per heavy atom. The van der Waals surface area contributed by atoms with E-state index < -0.39 is 8.07 Å². The Morgan fingerprint density at radius 3 is 1.56 bits per heavy atom. The maximum atomic E-state index is 3.81. The summed E-state index contributed by atoms with van der Waals surface area (Å²) >= 11 is 0. The average Bonchev–Trinajstić information content (AvgIpc) is 1.30. The molecule has 0 fully saturated rings. The van der Waals surface area contributed by atoms with Crippen molar-refractivity contribution in [3.8, 4) is 0 Å². The normalized spacial score (nSPS) is 9.33. The van der Waals surface area contributed by atoms with Crippen LogP contribution in [-0.2, 0) is 0 Å². The topological polar surface area (TPSA) is 0 Å². The van der Waals surface area contributed by atoms with Gasteiger partial charge in [-0.05, 0) is 0 Å². The smallest absolute Gasteiger partial charge is 1.00 e. The molecular weight excluding hydrogens is 251 g/mol. The summed E-state index contributed by atoms with van der Waals surface area (Å²) in [4.78, 5) is 0. The summed E-state index contributed by atoms with van der Waals surface area (Å²) in [6.45, 7) is 10.9. The van der Waals surface area contributed by atoms with Crippen molar-refractivity contribution in [3.05, 3.63) is 6.92 Å². The molecule has 0 N–H and O–H groups in total. The third kappa shape index (κ3) is 17.7. The van der Waals surface area contributed by atoms with E-state index in [0.29, 0.717) is 0 Å². The maximum Gasteiger partial charge on any atom is 2.00 e. The first-order chi connectivity index (χ1) is 3.06. The van der Waals surface area contributed by atoms with E-state index in [4.69, 9.17) is 0 Å². The van der Waals surface area contributed by atoms with E-state index in [9.17, 15) is 0 Å². The molecule has 0 saturated heterocycles. The van der Waals surface area contributed by atoms with Crippen LogP contribution in [0.1, 0.15) is 6.42 Å². The standard InChI is InChI=1S/C6H15Si.HI.Mg/c1-5-6-7(2,3)4;;/h1,5-6H2,2-4H3;1H;/q-1;;+2/p-1. The molecule has 0 unspecified atom stereocenters. The van der Waals surface area contributed by atoms with Crippen molar-refractivity contribution in [2.45, 2.75) is 32.1 Å². The summed E-state index contributed by atoms with van der Waals surface area (Å²) in [5, 5.41) is 0. The summed E-state index contributed by atoms with van der Waals surface area (Å²) in [7, 11) is -0.720. The van der Waals surface area contributed by atoms with Crippen molar-refractivity contribution in [3.63, 3.8) is 0 Å². The van der Waals surface area contributed by atoms with Gasteiger partial charge in [0.25, 0.3) is 0 Å². The second kappa shape index (κ2) is 7.82. The first-order valence-corrected chi connectivity index (χ1v) is 6.56. The Kier molecular flexibility index (Phi) is 14.8. The first kappa shape index (κ1) is 17.0. The fourth-order valence-electron chi connectivity index (χ4n) is 0.530. The second-order valence-corrected chi connectivity index (χ2v) is 8.79. The molecule has 0 aliphatic carbocycles. The summed E-state index contributed by atoms with van der Waals surface area (Å²) in [5.41, 5.74) is 0. The van der Waals surface area contributed by atoms with E-state index in [-0.39, 0.29) is 47.0 Å². The largest absolute Gasteiger partial charge is 2.00 e. The van der Waals surface area contributed by atoms with E-state index >= 15 is 0 Å². The molecule has 0 aliphatic rings. The number of rotatable bonds is 2. The van der Waals surface area contributed by atoms with Crippen LogP contribution in [0.4, 0.5) is 0 Å². The molecule has 0 nitrogen and oxygen atoms in total. The first-order valence-electron chi connectivity index (χ1n) is 2.85. The minimum atomic E-state index is -0.720. The second-order valence-electron chi connectivity index (χ2n) is 3.16. The van der Waals surface area contributed by atoms with Crippen LogP contribution in [-0.4, -0.2) is 31.1 Å². The van der Waals surface area contributed by atoms with Gasteiger partial charge in [-0.1, -0.05) is 25.7 Å². The summed E-state index contributed by atoms with van der Waals surface area (Å²) in [6.07, 6.45) is 1.12. The number of hydrogen-bond acceptors (Lipinski definition) is 0.